The molecule has 8 heteroatoms. The Morgan fingerprint density at radius 3 is 2.31 bits per heavy atom. The summed E-state index contributed by atoms with van der Waals surface area (Å²) < 4.78 is 26.5. The van der Waals surface area contributed by atoms with E-state index >= 15 is 0 Å². The molecule has 0 N–H and O–H groups in total. The van der Waals surface area contributed by atoms with Crippen molar-refractivity contribution in [2.24, 2.45) is 0 Å². The van der Waals surface area contributed by atoms with E-state index in [1.807, 2.05) is 6.07 Å². The molecule has 6 nitrogen and oxygen atoms in total. The number of benzene rings is 2. The van der Waals surface area contributed by atoms with Crippen LogP contribution in [0.4, 0.5) is 11.4 Å². The van der Waals surface area contributed by atoms with Gasteiger partial charge in [0.1, 0.15) is 6.54 Å². The van der Waals surface area contributed by atoms with Crippen molar-refractivity contribution in [2.75, 3.05) is 48.2 Å². The lowest BCUT2D eigenvalue weighted by molar-refractivity contribution is -0.129. The molecule has 29 heavy (non-hydrogen) atoms. The van der Waals surface area contributed by atoms with E-state index in [0.29, 0.717) is 23.2 Å². The van der Waals surface area contributed by atoms with E-state index in [0.717, 1.165) is 23.7 Å². The van der Waals surface area contributed by atoms with Crippen molar-refractivity contribution < 1.29 is 13.2 Å². The van der Waals surface area contributed by atoms with Crippen LogP contribution in [-0.2, 0) is 14.8 Å². The third kappa shape index (κ3) is 4.93. The summed E-state index contributed by atoms with van der Waals surface area (Å²) in [7, 11) is -3.59. The van der Waals surface area contributed by atoms with E-state index in [1.54, 1.807) is 23.1 Å². The number of nitrogens with zero attached hydrogens (tertiary/aromatic N) is 3. The van der Waals surface area contributed by atoms with Gasteiger partial charge < -0.3 is 9.80 Å². The molecule has 1 heterocycles. The van der Waals surface area contributed by atoms with Gasteiger partial charge in [0.2, 0.25) is 15.9 Å². The van der Waals surface area contributed by atoms with Gasteiger partial charge in [-0.15, -0.1) is 0 Å². The highest BCUT2D eigenvalue weighted by atomic mass is 79.9. The lowest BCUT2D eigenvalue weighted by Crippen LogP contribution is -2.52. The van der Waals surface area contributed by atoms with Crippen LogP contribution in [0.2, 0.25) is 0 Å². The zero-order valence-electron chi connectivity index (χ0n) is 16.9. The standard InChI is InChI=1S/C21H26BrN3O3S/c1-16-7-6-10-19(17(16)2)23-11-13-24(14-12-23)21(26)15-25(29(3,27)28)20-9-5-4-8-18(20)22/h4-10H,11-15H2,1-3H3. The van der Waals surface area contributed by atoms with E-state index in [-0.39, 0.29) is 12.5 Å². The summed E-state index contributed by atoms with van der Waals surface area (Å²) in [6, 6.07) is 13.3. The summed E-state index contributed by atoms with van der Waals surface area (Å²) in [5.74, 6) is -0.188. The lowest BCUT2D eigenvalue weighted by Gasteiger charge is -2.37. The number of amides is 1. The number of hydrogen-bond donors (Lipinski definition) is 0. The summed E-state index contributed by atoms with van der Waals surface area (Å²) in [6.45, 7) is 6.60. The number of rotatable bonds is 5. The van der Waals surface area contributed by atoms with Gasteiger partial charge in [-0.25, -0.2) is 8.42 Å². The van der Waals surface area contributed by atoms with Crippen LogP contribution in [0.15, 0.2) is 46.9 Å². The number of sulfonamides is 1. The Bertz CT molecular complexity index is 1000. The van der Waals surface area contributed by atoms with Crippen molar-refractivity contribution in [2.45, 2.75) is 13.8 Å². The Hall–Kier alpha value is -2.06. The average molecular weight is 480 g/mol. The van der Waals surface area contributed by atoms with E-state index < -0.39 is 10.0 Å². The molecule has 0 aliphatic carbocycles. The Kier molecular flexibility index (Phi) is 6.53. The van der Waals surface area contributed by atoms with Crippen molar-refractivity contribution in [3.8, 4) is 0 Å². The van der Waals surface area contributed by atoms with E-state index in [4.69, 9.17) is 0 Å². The number of piperazine rings is 1. The topological polar surface area (TPSA) is 60.9 Å². The van der Waals surface area contributed by atoms with Gasteiger partial charge in [-0.05, 0) is 59.1 Å². The van der Waals surface area contributed by atoms with Crippen LogP contribution in [0.3, 0.4) is 0 Å². The molecular formula is C21H26BrN3O3S. The zero-order chi connectivity index (χ0) is 21.2. The fraction of sp³-hybridized carbons (Fsp3) is 0.381. The highest BCUT2D eigenvalue weighted by Crippen LogP contribution is 2.28. The quantitative estimate of drug-likeness (QED) is 0.660. The van der Waals surface area contributed by atoms with E-state index in [1.165, 1.54) is 16.8 Å². The molecule has 156 valence electrons. The van der Waals surface area contributed by atoms with Gasteiger partial charge >= 0.3 is 0 Å². The summed E-state index contributed by atoms with van der Waals surface area (Å²) in [6.07, 6.45) is 1.12. The van der Waals surface area contributed by atoms with Crippen molar-refractivity contribution >= 4 is 43.2 Å². The first-order chi connectivity index (χ1) is 13.7. The summed E-state index contributed by atoms with van der Waals surface area (Å²) >= 11 is 3.38. The molecule has 0 radical (unpaired) electrons. The first-order valence-corrected chi connectivity index (χ1v) is 12.1. The fourth-order valence-corrected chi connectivity index (χ4v) is 5.01. The highest BCUT2D eigenvalue weighted by Gasteiger charge is 2.27. The van der Waals surface area contributed by atoms with Crippen LogP contribution in [0.1, 0.15) is 11.1 Å². The molecule has 2 aromatic rings. The van der Waals surface area contributed by atoms with Crippen molar-refractivity contribution in [1.82, 2.24) is 4.90 Å². The maximum absolute atomic E-state index is 12.9. The number of halogens is 1. The molecule has 0 atom stereocenters. The van der Waals surface area contributed by atoms with Crippen molar-refractivity contribution in [1.29, 1.82) is 0 Å². The second-order valence-corrected chi connectivity index (χ2v) is 10.1. The van der Waals surface area contributed by atoms with E-state index in [2.05, 4.69) is 52.9 Å². The molecule has 3 rings (SSSR count). The Labute approximate surface area is 181 Å². The van der Waals surface area contributed by atoms with Gasteiger partial charge in [0.15, 0.2) is 0 Å². The Morgan fingerprint density at radius 1 is 1.03 bits per heavy atom. The van der Waals surface area contributed by atoms with Crippen LogP contribution >= 0.6 is 15.9 Å². The molecule has 0 saturated carbocycles. The lowest BCUT2D eigenvalue weighted by atomic mass is 10.1. The van der Waals surface area contributed by atoms with Crippen LogP contribution in [-0.4, -0.2) is 58.2 Å². The predicted molar refractivity (Wildman–Crippen MR) is 121 cm³/mol. The summed E-state index contributed by atoms with van der Waals surface area (Å²) in [5.41, 5.74) is 4.17. The smallest absolute Gasteiger partial charge is 0.243 e. The van der Waals surface area contributed by atoms with Gasteiger partial charge in [-0.1, -0.05) is 24.3 Å². The van der Waals surface area contributed by atoms with Gasteiger partial charge in [-0.3, -0.25) is 9.10 Å². The minimum Gasteiger partial charge on any atom is -0.368 e. The third-order valence-electron chi connectivity index (χ3n) is 5.35. The van der Waals surface area contributed by atoms with Crippen LogP contribution in [0.5, 0.6) is 0 Å². The maximum atomic E-state index is 12.9. The number of carbonyl (C=O) groups excluding carboxylic acids is 1. The molecule has 2 aromatic carbocycles. The normalized spacial score (nSPS) is 14.8. The first kappa shape index (κ1) is 21.6. The molecule has 1 fully saturated rings. The van der Waals surface area contributed by atoms with Gasteiger partial charge in [0.05, 0.1) is 11.9 Å². The van der Waals surface area contributed by atoms with Crippen LogP contribution in [0.25, 0.3) is 0 Å². The molecular weight excluding hydrogens is 454 g/mol. The van der Waals surface area contributed by atoms with Gasteiger partial charge in [0, 0.05) is 36.3 Å². The largest absolute Gasteiger partial charge is 0.368 e. The molecule has 1 amide bonds. The van der Waals surface area contributed by atoms with Crippen molar-refractivity contribution in [3.05, 3.63) is 58.1 Å². The second-order valence-electron chi connectivity index (χ2n) is 7.31. The molecule has 0 spiro atoms. The fourth-order valence-electron chi connectivity index (χ4n) is 3.53. The van der Waals surface area contributed by atoms with Gasteiger partial charge in [0.25, 0.3) is 0 Å². The van der Waals surface area contributed by atoms with Crippen LogP contribution in [0, 0.1) is 13.8 Å². The molecule has 1 aliphatic rings. The average Bonchev–Trinajstić information content (AvgIpc) is 2.68. The SMILES string of the molecule is Cc1cccc(N2CCN(C(=O)CN(c3ccccc3Br)S(C)(=O)=O)CC2)c1C. The third-order valence-corrected chi connectivity index (χ3v) is 7.15. The minimum absolute atomic E-state index is 0.188. The monoisotopic (exact) mass is 479 g/mol. The maximum Gasteiger partial charge on any atom is 0.243 e. The van der Waals surface area contributed by atoms with E-state index in [9.17, 15) is 13.2 Å². The molecule has 1 saturated heterocycles. The number of para-hydroxylation sites is 1. The predicted octanol–water partition coefficient (Wildman–Crippen LogP) is 3.18. The molecule has 0 unspecified atom stereocenters. The molecule has 0 aromatic heterocycles. The summed E-state index contributed by atoms with van der Waals surface area (Å²) in [5, 5.41) is 0. The summed E-state index contributed by atoms with van der Waals surface area (Å²) in [4.78, 5) is 16.9. The zero-order valence-corrected chi connectivity index (χ0v) is 19.3. The second kappa shape index (κ2) is 8.75. The number of carbonyl (C=O) groups is 1. The van der Waals surface area contributed by atoms with Crippen LogP contribution < -0.4 is 9.21 Å². The first-order valence-electron chi connectivity index (χ1n) is 9.49. The minimum atomic E-state index is -3.59. The van der Waals surface area contributed by atoms with Gasteiger partial charge in [-0.2, -0.15) is 0 Å². The number of hydrogen-bond acceptors (Lipinski definition) is 4. The number of anilines is 2. The van der Waals surface area contributed by atoms with Crippen molar-refractivity contribution in [3.63, 3.8) is 0 Å². The Morgan fingerprint density at radius 2 is 1.69 bits per heavy atom. The highest BCUT2D eigenvalue weighted by molar-refractivity contribution is 9.10. The molecule has 1 aliphatic heterocycles. The Balaban J connectivity index is 1.70. The number of aryl methyl sites for hydroxylation is 1. The molecule has 0 bridgehead atoms.